The molecule has 18 heavy (non-hydrogen) atoms. The van der Waals surface area contributed by atoms with E-state index in [-0.39, 0.29) is 0 Å². The maximum Gasteiger partial charge on any atom is 0.232 e. The van der Waals surface area contributed by atoms with Crippen molar-refractivity contribution in [1.82, 2.24) is 15.3 Å². The molecule has 0 radical (unpaired) electrons. The van der Waals surface area contributed by atoms with E-state index in [2.05, 4.69) is 22.2 Å². The normalized spacial score (nSPS) is 10.5. The van der Waals surface area contributed by atoms with Crippen LogP contribution in [0.2, 0.25) is 0 Å². The van der Waals surface area contributed by atoms with Crippen molar-refractivity contribution in [3.05, 3.63) is 40.5 Å². The van der Waals surface area contributed by atoms with Crippen molar-refractivity contribution in [2.24, 2.45) is 0 Å². The topological polar surface area (TPSA) is 47.0 Å². The van der Waals surface area contributed by atoms with Gasteiger partial charge < -0.3 is 10.1 Å². The first-order valence-electron chi connectivity index (χ1n) is 6.05. The smallest absolute Gasteiger partial charge is 0.232 e. The van der Waals surface area contributed by atoms with Gasteiger partial charge >= 0.3 is 0 Å². The molecular formula is C13H17N3OS. The molecule has 2 aromatic heterocycles. The fraction of sp³-hybridized carbons (Fsp3) is 0.385. The molecule has 0 amide bonds. The average Bonchev–Trinajstić information content (AvgIpc) is 2.91. The standard InChI is InChI=1S/C13H17N3OS/c1-2-5-14-7-11-8-16-13(9-15-11)17-10-12-4-3-6-18-12/h3-4,6,8-9,14H,2,5,7,10H2,1H3. The first-order valence-corrected chi connectivity index (χ1v) is 6.93. The molecule has 0 aliphatic heterocycles. The Hall–Kier alpha value is -1.46. The maximum atomic E-state index is 5.55. The molecule has 0 spiro atoms. The number of rotatable bonds is 7. The monoisotopic (exact) mass is 263 g/mol. The summed E-state index contributed by atoms with van der Waals surface area (Å²) in [6, 6.07) is 4.05. The van der Waals surface area contributed by atoms with Crippen molar-refractivity contribution in [1.29, 1.82) is 0 Å². The van der Waals surface area contributed by atoms with E-state index >= 15 is 0 Å². The largest absolute Gasteiger partial charge is 0.471 e. The van der Waals surface area contributed by atoms with Crippen molar-refractivity contribution >= 4 is 11.3 Å². The summed E-state index contributed by atoms with van der Waals surface area (Å²) in [4.78, 5) is 9.73. The minimum absolute atomic E-state index is 0.555. The predicted molar refractivity (Wildman–Crippen MR) is 72.7 cm³/mol. The Bertz CT molecular complexity index is 442. The van der Waals surface area contributed by atoms with E-state index in [1.807, 2.05) is 17.5 Å². The molecule has 0 unspecified atom stereocenters. The Morgan fingerprint density at radius 3 is 2.94 bits per heavy atom. The number of nitrogens with one attached hydrogen (secondary N) is 1. The minimum atomic E-state index is 0.555. The first kappa shape index (κ1) is 13.0. The zero-order chi connectivity index (χ0) is 12.6. The zero-order valence-corrected chi connectivity index (χ0v) is 11.2. The molecule has 0 aliphatic carbocycles. The number of ether oxygens (including phenoxy) is 1. The Kier molecular flexibility index (Phi) is 5.11. The lowest BCUT2D eigenvalue weighted by Gasteiger charge is -2.05. The van der Waals surface area contributed by atoms with Crippen LogP contribution >= 0.6 is 11.3 Å². The second-order valence-corrected chi connectivity index (χ2v) is 4.92. The van der Waals surface area contributed by atoms with Crippen LogP contribution in [0.1, 0.15) is 23.9 Å². The predicted octanol–water partition coefficient (Wildman–Crippen LogP) is 2.62. The Labute approximate surface area is 111 Å². The van der Waals surface area contributed by atoms with Gasteiger partial charge in [0, 0.05) is 11.4 Å². The lowest BCUT2D eigenvalue weighted by Crippen LogP contribution is -2.14. The van der Waals surface area contributed by atoms with Crippen LogP contribution in [0.4, 0.5) is 0 Å². The Morgan fingerprint density at radius 2 is 2.28 bits per heavy atom. The molecule has 0 atom stereocenters. The van der Waals surface area contributed by atoms with Crippen LogP contribution in [-0.2, 0) is 13.2 Å². The molecule has 96 valence electrons. The van der Waals surface area contributed by atoms with Gasteiger partial charge in [-0.15, -0.1) is 11.3 Å². The molecule has 0 aliphatic rings. The van der Waals surface area contributed by atoms with Crippen molar-refractivity contribution in [3.63, 3.8) is 0 Å². The molecule has 0 saturated carbocycles. The van der Waals surface area contributed by atoms with Gasteiger partial charge in [-0.3, -0.25) is 4.98 Å². The molecule has 0 saturated heterocycles. The fourth-order valence-electron chi connectivity index (χ4n) is 1.44. The van der Waals surface area contributed by atoms with Gasteiger partial charge in [0.05, 0.1) is 18.1 Å². The number of aromatic nitrogens is 2. The van der Waals surface area contributed by atoms with Crippen LogP contribution in [0, 0.1) is 0 Å². The third kappa shape index (κ3) is 4.09. The van der Waals surface area contributed by atoms with Gasteiger partial charge in [-0.25, -0.2) is 4.98 Å². The van der Waals surface area contributed by atoms with E-state index in [9.17, 15) is 0 Å². The molecule has 2 aromatic rings. The lowest BCUT2D eigenvalue weighted by atomic mass is 10.4. The van der Waals surface area contributed by atoms with E-state index in [4.69, 9.17) is 4.74 Å². The summed E-state index contributed by atoms with van der Waals surface area (Å²) in [7, 11) is 0. The maximum absolute atomic E-state index is 5.55. The molecular weight excluding hydrogens is 246 g/mol. The summed E-state index contributed by atoms with van der Waals surface area (Å²) in [6.07, 6.45) is 4.55. The second-order valence-electron chi connectivity index (χ2n) is 3.89. The molecule has 0 fully saturated rings. The highest BCUT2D eigenvalue weighted by molar-refractivity contribution is 7.09. The van der Waals surface area contributed by atoms with Gasteiger partial charge in [0.2, 0.25) is 5.88 Å². The van der Waals surface area contributed by atoms with Crippen LogP contribution in [0.5, 0.6) is 5.88 Å². The van der Waals surface area contributed by atoms with Gasteiger partial charge in [-0.05, 0) is 24.4 Å². The molecule has 2 rings (SSSR count). The number of hydrogen-bond donors (Lipinski definition) is 1. The lowest BCUT2D eigenvalue weighted by molar-refractivity contribution is 0.295. The third-order valence-electron chi connectivity index (χ3n) is 2.36. The van der Waals surface area contributed by atoms with Crippen molar-refractivity contribution in [3.8, 4) is 5.88 Å². The van der Waals surface area contributed by atoms with E-state index in [1.165, 1.54) is 4.88 Å². The van der Waals surface area contributed by atoms with Crippen LogP contribution in [0.3, 0.4) is 0 Å². The van der Waals surface area contributed by atoms with E-state index in [0.29, 0.717) is 12.5 Å². The number of thiophene rings is 1. The fourth-order valence-corrected chi connectivity index (χ4v) is 2.06. The van der Waals surface area contributed by atoms with Gasteiger partial charge in [-0.1, -0.05) is 13.0 Å². The highest BCUT2D eigenvalue weighted by Gasteiger charge is 2.00. The van der Waals surface area contributed by atoms with E-state index < -0.39 is 0 Å². The third-order valence-corrected chi connectivity index (χ3v) is 3.21. The summed E-state index contributed by atoms with van der Waals surface area (Å²) in [5, 5.41) is 5.32. The van der Waals surface area contributed by atoms with Crippen LogP contribution in [0.25, 0.3) is 0 Å². The van der Waals surface area contributed by atoms with Crippen LogP contribution in [0.15, 0.2) is 29.9 Å². The van der Waals surface area contributed by atoms with E-state index in [1.54, 1.807) is 23.7 Å². The van der Waals surface area contributed by atoms with Gasteiger partial charge in [0.15, 0.2) is 0 Å². The molecule has 1 N–H and O–H groups in total. The highest BCUT2D eigenvalue weighted by Crippen LogP contribution is 2.12. The molecule has 0 bridgehead atoms. The first-order chi connectivity index (χ1) is 8.88. The summed E-state index contributed by atoms with van der Waals surface area (Å²) in [5.41, 5.74) is 0.937. The van der Waals surface area contributed by atoms with Crippen molar-refractivity contribution in [2.45, 2.75) is 26.5 Å². The average molecular weight is 263 g/mol. The summed E-state index contributed by atoms with van der Waals surface area (Å²) in [6.45, 7) is 4.45. The highest BCUT2D eigenvalue weighted by atomic mass is 32.1. The van der Waals surface area contributed by atoms with Crippen molar-refractivity contribution in [2.75, 3.05) is 6.54 Å². The molecule has 2 heterocycles. The van der Waals surface area contributed by atoms with Gasteiger partial charge in [0.25, 0.3) is 0 Å². The van der Waals surface area contributed by atoms with Gasteiger partial charge in [0.1, 0.15) is 6.61 Å². The summed E-state index contributed by atoms with van der Waals surface area (Å²) in [5.74, 6) is 0.572. The SMILES string of the molecule is CCCNCc1cnc(OCc2cccs2)cn1. The van der Waals surface area contributed by atoms with E-state index in [0.717, 1.165) is 25.2 Å². The molecule has 5 heteroatoms. The molecule has 4 nitrogen and oxygen atoms in total. The number of hydrogen-bond acceptors (Lipinski definition) is 5. The Balaban J connectivity index is 1.80. The van der Waals surface area contributed by atoms with Crippen molar-refractivity contribution < 1.29 is 4.74 Å². The zero-order valence-electron chi connectivity index (χ0n) is 10.4. The Morgan fingerprint density at radius 1 is 1.33 bits per heavy atom. The van der Waals surface area contributed by atoms with Crippen LogP contribution < -0.4 is 10.1 Å². The minimum Gasteiger partial charge on any atom is -0.471 e. The summed E-state index contributed by atoms with van der Waals surface area (Å²) >= 11 is 1.68. The second kappa shape index (κ2) is 7.08. The molecule has 0 aromatic carbocycles. The number of nitrogens with zero attached hydrogens (tertiary/aromatic N) is 2. The van der Waals surface area contributed by atoms with Crippen LogP contribution in [-0.4, -0.2) is 16.5 Å². The van der Waals surface area contributed by atoms with Gasteiger partial charge in [-0.2, -0.15) is 0 Å². The summed E-state index contributed by atoms with van der Waals surface area (Å²) < 4.78 is 5.55. The quantitative estimate of drug-likeness (QED) is 0.780.